The van der Waals surface area contributed by atoms with E-state index in [-0.39, 0.29) is 5.91 Å². The van der Waals surface area contributed by atoms with Crippen molar-refractivity contribution in [1.29, 1.82) is 0 Å². The number of carbonyl (C=O) groups is 1. The molecule has 1 amide bonds. The van der Waals surface area contributed by atoms with E-state index in [2.05, 4.69) is 10.2 Å². The first kappa shape index (κ1) is 14.1. The number of furan rings is 1. The molecule has 0 saturated carbocycles. The van der Waals surface area contributed by atoms with Gasteiger partial charge in [0, 0.05) is 39.6 Å². The van der Waals surface area contributed by atoms with E-state index < -0.39 is 0 Å². The Labute approximate surface area is 114 Å². The molecule has 0 bridgehead atoms. The van der Waals surface area contributed by atoms with Crippen molar-refractivity contribution in [1.82, 2.24) is 15.1 Å². The van der Waals surface area contributed by atoms with Gasteiger partial charge < -0.3 is 19.5 Å². The van der Waals surface area contributed by atoms with Crippen LogP contribution < -0.4 is 5.32 Å². The Morgan fingerprint density at radius 1 is 1.47 bits per heavy atom. The molecule has 19 heavy (non-hydrogen) atoms. The topological polar surface area (TPSA) is 48.7 Å². The number of nitrogens with one attached hydrogen (secondary N) is 1. The Balaban J connectivity index is 1.63. The zero-order chi connectivity index (χ0) is 13.5. The van der Waals surface area contributed by atoms with Crippen molar-refractivity contribution >= 4 is 5.91 Å². The van der Waals surface area contributed by atoms with E-state index in [1.807, 2.05) is 19.2 Å². The minimum absolute atomic E-state index is 0.187. The zero-order valence-electron chi connectivity index (χ0n) is 11.6. The first-order valence-electron chi connectivity index (χ1n) is 6.95. The highest BCUT2D eigenvalue weighted by Gasteiger charge is 2.13. The summed E-state index contributed by atoms with van der Waals surface area (Å²) in [6.45, 7) is 5.88. The molecule has 1 aliphatic heterocycles. The van der Waals surface area contributed by atoms with Gasteiger partial charge >= 0.3 is 0 Å². The van der Waals surface area contributed by atoms with Gasteiger partial charge in [-0.1, -0.05) is 0 Å². The van der Waals surface area contributed by atoms with E-state index in [9.17, 15) is 4.79 Å². The zero-order valence-corrected chi connectivity index (χ0v) is 11.6. The Morgan fingerprint density at radius 3 is 2.95 bits per heavy atom. The number of amides is 1. The van der Waals surface area contributed by atoms with E-state index in [1.165, 1.54) is 0 Å². The third kappa shape index (κ3) is 4.69. The molecular formula is C14H23N3O2. The van der Waals surface area contributed by atoms with Gasteiger partial charge in [0.05, 0.1) is 12.8 Å². The fraction of sp³-hybridized carbons (Fsp3) is 0.643. The van der Waals surface area contributed by atoms with Crippen molar-refractivity contribution in [3.63, 3.8) is 0 Å². The molecule has 1 aliphatic rings. The van der Waals surface area contributed by atoms with Crippen molar-refractivity contribution in [2.24, 2.45) is 0 Å². The van der Waals surface area contributed by atoms with Crippen LogP contribution in [0.5, 0.6) is 0 Å². The van der Waals surface area contributed by atoms with Crippen molar-refractivity contribution in [3.8, 4) is 0 Å². The predicted molar refractivity (Wildman–Crippen MR) is 73.7 cm³/mol. The molecule has 0 unspecified atom stereocenters. The minimum Gasteiger partial charge on any atom is -0.467 e. The second-order valence-corrected chi connectivity index (χ2v) is 5.02. The Morgan fingerprint density at radius 2 is 2.26 bits per heavy atom. The molecule has 1 N–H and O–H groups in total. The van der Waals surface area contributed by atoms with Crippen LogP contribution in [0.3, 0.4) is 0 Å². The lowest BCUT2D eigenvalue weighted by Gasteiger charge is -2.27. The second kappa shape index (κ2) is 7.31. The molecule has 5 nitrogen and oxygen atoms in total. The number of hydrogen-bond acceptors (Lipinski definition) is 4. The van der Waals surface area contributed by atoms with Crippen LogP contribution in [0.4, 0.5) is 0 Å². The fourth-order valence-electron chi connectivity index (χ4n) is 2.30. The monoisotopic (exact) mass is 265 g/mol. The average Bonchev–Trinajstić information content (AvgIpc) is 2.92. The van der Waals surface area contributed by atoms with Crippen molar-refractivity contribution in [3.05, 3.63) is 24.2 Å². The van der Waals surface area contributed by atoms with Gasteiger partial charge in [0.2, 0.25) is 5.91 Å². The minimum atomic E-state index is 0.187. The molecule has 0 atom stereocenters. The van der Waals surface area contributed by atoms with Gasteiger partial charge in [0.15, 0.2) is 0 Å². The number of piperazine rings is 1. The summed E-state index contributed by atoms with van der Waals surface area (Å²) >= 11 is 0. The first-order valence-corrected chi connectivity index (χ1v) is 6.95. The van der Waals surface area contributed by atoms with Crippen molar-refractivity contribution < 1.29 is 9.21 Å². The lowest BCUT2D eigenvalue weighted by Crippen LogP contribution is -2.43. The van der Waals surface area contributed by atoms with Crippen LogP contribution in [0.2, 0.25) is 0 Å². The largest absolute Gasteiger partial charge is 0.467 e. The number of rotatable bonds is 6. The number of nitrogens with zero attached hydrogens (tertiary/aromatic N) is 2. The highest BCUT2D eigenvalue weighted by Crippen LogP contribution is 2.06. The molecule has 106 valence electrons. The van der Waals surface area contributed by atoms with Crippen LogP contribution >= 0.6 is 0 Å². The summed E-state index contributed by atoms with van der Waals surface area (Å²) < 4.78 is 5.24. The lowest BCUT2D eigenvalue weighted by molar-refractivity contribution is -0.130. The van der Waals surface area contributed by atoms with Crippen molar-refractivity contribution in [2.75, 3.05) is 39.8 Å². The maximum absolute atomic E-state index is 12.0. The van der Waals surface area contributed by atoms with Crippen LogP contribution in [-0.4, -0.2) is 55.5 Å². The molecule has 2 rings (SSSR count). The number of hydrogen-bond donors (Lipinski definition) is 1. The van der Waals surface area contributed by atoms with E-state index in [0.717, 1.165) is 44.9 Å². The molecule has 0 aliphatic carbocycles. The Hall–Kier alpha value is -1.33. The molecule has 1 saturated heterocycles. The Bertz CT molecular complexity index is 372. The quantitative estimate of drug-likeness (QED) is 0.831. The predicted octanol–water partition coefficient (Wildman–Crippen LogP) is 0.923. The first-order chi connectivity index (χ1) is 9.25. The molecular weight excluding hydrogens is 242 g/mol. The summed E-state index contributed by atoms with van der Waals surface area (Å²) in [6, 6.07) is 3.74. The molecule has 2 heterocycles. The normalized spacial score (nSPS) is 16.5. The third-order valence-electron chi connectivity index (χ3n) is 3.47. The standard InChI is InChI=1S/C14H23N3O2/c1-16(12-13-4-3-11-19-13)14(18)5-2-8-17-9-6-15-7-10-17/h3-4,11,15H,2,5-10,12H2,1H3. The smallest absolute Gasteiger partial charge is 0.222 e. The highest BCUT2D eigenvalue weighted by molar-refractivity contribution is 5.75. The molecule has 1 aromatic rings. The van der Waals surface area contributed by atoms with Gasteiger partial charge in [-0.25, -0.2) is 0 Å². The SMILES string of the molecule is CN(Cc1ccco1)C(=O)CCCN1CCNCC1. The summed E-state index contributed by atoms with van der Waals surface area (Å²) in [5.41, 5.74) is 0. The summed E-state index contributed by atoms with van der Waals surface area (Å²) in [5.74, 6) is 1.02. The Kier molecular flexibility index (Phi) is 5.42. The van der Waals surface area contributed by atoms with E-state index in [0.29, 0.717) is 13.0 Å². The van der Waals surface area contributed by atoms with Crippen LogP contribution in [0.25, 0.3) is 0 Å². The van der Waals surface area contributed by atoms with Crippen LogP contribution in [0, 0.1) is 0 Å². The van der Waals surface area contributed by atoms with Gasteiger partial charge in [-0.05, 0) is 25.1 Å². The van der Waals surface area contributed by atoms with Gasteiger partial charge in [-0.3, -0.25) is 4.79 Å². The molecule has 0 radical (unpaired) electrons. The molecule has 5 heteroatoms. The summed E-state index contributed by atoms with van der Waals surface area (Å²) in [5, 5.41) is 3.33. The van der Waals surface area contributed by atoms with E-state index in [1.54, 1.807) is 11.2 Å². The maximum atomic E-state index is 12.0. The lowest BCUT2D eigenvalue weighted by atomic mass is 10.2. The van der Waals surface area contributed by atoms with Gasteiger partial charge in [0.25, 0.3) is 0 Å². The maximum Gasteiger partial charge on any atom is 0.222 e. The molecule has 0 spiro atoms. The second-order valence-electron chi connectivity index (χ2n) is 5.02. The van der Waals surface area contributed by atoms with Crippen LogP contribution in [0.1, 0.15) is 18.6 Å². The molecule has 1 aromatic heterocycles. The fourth-order valence-corrected chi connectivity index (χ4v) is 2.30. The van der Waals surface area contributed by atoms with E-state index >= 15 is 0 Å². The van der Waals surface area contributed by atoms with Gasteiger partial charge in [-0.15, -0.1) is 0 Å². The van der Waals surface area contributed by atoms with Gasteiger partial charge in [-0.2, -0.15) is 0 Å². The van der Waals surface area contributed by atoms with Crippen LogP contribution in [0.15, 0.2) is 22.8 Å². The molecule has 1 fully saturated rings. The highest BCUT2D eigenvalue weighted by atomic mass is 16.3. The summed E-state index contributed by atoms with van der Waals surface area (Å²) in [6.07, 6.45) is 3.18. The van der Waals surface area contributed by atoms with Crippen LogP contribution in [-0.2, 0) is 11.3 Å². The molecule has 0 aromatic carbocycles. The van der Waals surface area contributed by atoms with E-state index in [4.69, 9.17) is 4.42 Å². The third-order valence-corrected chi connectivity index (χ3v) is 3.47. The average molecular weight is 265 g/mol. The number of carbonyl (C=O) groups excluding carboxylic acids is 1. The van der Waals surface area contributed by atoms with Crippen molar-refractivity contribution in [2.45, 2.75) is 19.4 Å². The van der Waals surface area contributed by atoms with Gasteiger partial charge in [0.1, 0.15) is 5.76 Å². The summed E-state index contributed by atoms with van der Waals surface area (Å²) in [7, 11) is 1.83. The summed E-state index contributed by atoms with van der Waals surface area (Å²) in [4.78, 5) is 16.1.